The largest absolute Gasteiger partial charge is 0.370 e. The van der Waals surface area contributed by atoms with Gasteiger partial charge >= 0.3 is 0 Å². The Hall–Kier alpha value is -3.25. The molecule has 3 aromatic carbocycles. The van der Waals surface area contributed by atoms with E-state index in [0.29, 0.717) is 11.7 Å². The Morgan fingerprint density at radius 1 is 1.03 bits per heavy atom. The highest BCUT2D eigenvalue weighted by molar-refractivity contribution is 6.09. The number of halogens is 1. The second-order valence-electron chi connectivity index (χ2n) is 9.49. The molecular weight excluding hydrogens is 417 g/mol. The number of para-hydroxylation sites is 1. The molecule has 0 aromatic heterocycles. The standard InChI is InChI=1S/C27H26FN3O2/c28-27(16-24(29)32)21-9-1-2-10-22(21)31(26(27)33)19-11-13-30(14-12-19)23-15-18-7-3-5-17-6-4-8-20(23)25(17)18/h1-10,19,23H,11-16H2,(H2,29,32). The minimum atomic E-state index is -2.37. The van der Waals surface area contributed by atoms with E-state index in [2.05, 4.69) is 41.3 Å². The molecule has 1 fully saturated rings. The van der Waals surface area contributed by atoms with Crippen molar-refractivity contribution in [1.82, 2.24) is 4.90 Å². The molecule has 0 saturated carbocycles. The molecule has 0 spiro atoms. The Morgan fingerprint density at radius 3 is 2.52 bits per heavy atom. The maximum atomic E-state index is 15.9. The average Bonchev–Trinajstić information content (AvgIpc) is 3.29. The fraction of sp³-hybridized carbons (Fsp3) is 0.333. The average molecular weight is 444 g/mol. The van der Waals surface area contributed by atoms with Crippen LogP contribution in [0.5, 0.6) is 0 Å². The third-order valence-corrected chi connectivity index (χ3v) is 7.67. The van der Waals surface area contributed by atoms with Crippen LogP contribution in [0.3, 0.4) is 0 Å². The third kappa shape index (κ3) is 3.00. The maximum Gasteiger partial charge on any atom is 0.270 e. The van der Waals surface area contributed by atoms with Crippen molar-refractivity contribution in [1.29, 1.82) is 0 Å². The molecule has 168 valence electrons. The van der Waals surface area contributed by atoms with Gasteiger partial charge in [-0.3, -0.25) is 14.5 Å². The van der Waals surface area contributed by atoms with Crippen molar-refractivity contribution in [3.8, 4) is 0 Å². The van der Waals surface area contributed by atoms with Gasteiger partial charge in [0.1, 0.15) is 0 Å². The van der Waals surface area contributed by atoms with Crippen LogP contribution in [0.2, 0.25) is 0 Å². The highest BCUT2D eigenvalue weighted by atomic mass is 19.1. The Bertz CT molecular complexity index is 1280. The predicted octanol–water partition coefficient (Wildman–Crippen LogP) is 3.99. The first-order valence-corrected chi connectivity index (χ1v) is 11.6. The summed E-state index contributed by atoms with van der Waals surface area (Å²) in [5, 5.41) is 2.67. The van der Waals surface area contributed by atoms with Gasteiger partial charge in [0.25, 0.3) is 5.91 Å². The molecule has 1 saturated heterocycles. The van der Waals surface area contributed by atoms with Crippen LogP contribution in [0.25, 0.3) is 10.8 Å². The van der Waals surface area contributed by atoms with Crippen molar-refractivity contribution in [2.45, 2.75) is 43.4 Å². The van der Waals surface area contributed by atoms with Gasteiger partial charge in [0.05, 0.1) is 12.1 Å². The number of piperidine rings is 1. The molecule has 1 aliphatic carbocycles. The summed E-state index contributed by atoms with van der Waals surface area (Å²) in [4.78, 5) is 28.9. The molecule has 5 nitrogen and oxygen atoms in total. The molecule has 2 atom stereocenters. The highest BCUT2D eigenvalue weighted by Crippen LogP contribution is 2.48. The maximum absolute atomic E-state index is 15.9. The first kappa shape index (κ1) is 20.4. The van der Waals surface area contributed by atoms with E-state index in [9.17, 15) is 9.59 Å². The van der Waals surface area contributed by atoms with Gasteiger partial charge in [-0.2, -0.15) is 0 Å². The monoisotopic (exact) mass is 443 g/mol. The summed E-state index contributed by atoms with van der Waals surface area (Å²) in [6, 6.07) is 20.2. The summed E-state index contributed by atoms with van der Waals surface area (Å²) in [6.07, 6.45) is 1.90. The van der Waals surface area contributed by atoms with Crippen LogP contribution in [0.1, 0.15) is 42.0 Å². The van der Waals surface area contributed by atoms with E-state index in [4.69, 9.17) is 5.73 Å². The van der Waals surface area contributed by atoms with Crippen LogP contribution >= 0.6 is 0 Å². The van der Waals surface area contributed by atoms with Gasteiger partial charge in [-0.05, 0) is 47.2 Å². The Morgan fingerprint density at radius 2 is 1.76 bits per heavy atom. The number of primary amides is 1. The Labute approximate surface area is 192 Å². The van der Waals surface area contributed by atoms with Gasteiger partial charge in [-0.25, -0.2) is 4.39 Å². The number of nitrogens with two attached hydrogens (primary N) is 1. The lowest BCUT2D eigenvalue weighted by atomic mass is 9.93. The van der Waals surface area contributed by atoms with Crippen LogP contribution in [0.15, 0.2) is 60.7 Å². The summed E-state index contributed by atoms with van der Waals surface area (Å²) in [5.74, 6) is -1.47. The topological polar surface area (TPSA) is 66.6 Å². The van der Waals surface area contributed by atoms with E-state index >= 15 is 4.39 Å². The van der Waals surface area contributed by atoms with Crippen molar-refractivity contribution < 1.29 is 14.0 Å². The van der Waals surface area contributed by atoms with Gasteiger partial charge in [0.15, 0.2) is 0 Å². The fourth-order valence-corrected chi connectivity index (χ4v) is 6.21. The fourth-order valence-electron chi connectivity index (χ4n) is 6.21. The predicted molar refractivity (Wildman–Crippen MR) is 126 cm³/mol. The molecule has 0 bridgehead atoms. The van der Waals surface area contributed by atoms with E-state index in [1.54, 1.807) is 29.2 Å². The molecule has 2 heterocycles. The minimum Gasteiger partial charge on any atom is -0.370 e. The van der Waals surface area contributed by atoms with Gasteiger partial charge < -0.3 is 10.6 Å². The van der Waals surface area contributed by atoms with Crippen LogP contribution < -0.4 is 10.6 Å². The summed E-state index contributed by atoms with van der Waals surface area (Å²) < 4.78 is 15.9. The smallest absolute Gasteiger partial charge is 0.270 e. The van der Waals surface area contributed by atoms with E-state index in [1.165, 1.54) is 21.9 Å². The van der Waals surface area contributed by atoms with E-state index < -0.39 is 23.9 Å². The zero-order valence-electron chi connectivity index (χ0n) is 18.3. The Balaban J connectivity index is 1.24. The SMILES string of the molecule is NC(=O)CC1(F)C(=O)N(C2CCN(C3Cc4cccc5cccc3c45)CC2)c2ccccc21. The number of carbonyl (C=O) groups is 2. The van der Waals surface area contributed by atoms with Crippen LogP contribution in [-0.2, 0) is 21.7 Å². The zero-order valence-corrected chi connectivity index (χ0v) is 18.3. The van der Waals surface area contributed by atoms with Crippen molar-refractivity contribution in [2.75, 3.05) is 18.0 Å². The molecule has 2 N–H and O–H groups in total. The number of hydrogen-bond acceptors (Lipinski definition) is 3. The number of nitrogens with zero attached hydrogens (tertiary/aromatic N) is 2. The normalized spacial score (nSPS) is 25.1. The Kier molecular flexibility index (Phi) is 4.56. The number of benzene rings is 3. The minimum absolute atomic E-state index is 0.0972. The van der Waals surface area contributed by atoms with Crippen molar-refractivity contribution in [3.05, 3.63) is 77.4 Å². The lowest BCUT2D eigenvalue weighted by Crippen LogP contribution is -2.50. The number of anilines is 1. The number of alkyl halides is 1. The van der Waals surface area contributed by atoms with Gasteiger partial charge in [0, 0.05) is 30.7 Å². The zero-order chi connectivity index (χ0) is 22.7. The first-order chi connectivity index (χ1) is 16.0. The number of likely N-dealkylation sites (tertiary alicyclic amines) is 1. The summed E-state index contributed by atoms with van der Waals surface area (Å²) in [7, 11) is 0. The van der Waals surface area contributed by atoms with Crippen LogP contribution in [0, 0.1) is 0 Å². The second-order valence-corrected chi connectivity index (χ2v) is 9.49. The van der Waals surface area contributed by atoms with Crippen LogP contribution in [-0.4, -0.2) is 35.8 Å². The summed E-state index contributed by atoms with van der Waals surface area (Å²) in [6.45, 7) is 1.67. The van der Waals surface area contributed by atoms with Crippen LogP contribution in [0.4, 0.5) is 10.1 Å². The summed E-state index contributed by atoms with van der Waals surface area (Å²) in [5.41, 5.74) is 6.54. The number of amides is 2. The van der Waals surface area contributed by atoms with Crippen molar-refractivity contribution >= 4 is 28.3 Å². The molecule has 2 amide bonds. The number of hydrogen-bond donors (Lipinski definition) is 1. The molecule has 33 heavy (non-hydrogen) atoms. The molecule has 2 aliphatic heterocycles. The molecule has 2 unspecified atom stereocenters. The molecule has 0 radical (unpaired) electrons. The molecule has 3 aromatic rings. The highest BCUT2D eigenvalue weighted by Gasteiger charge is 2.54. The lowest BCUT2D eigenvalue weighted by molar-refractivity contribution is -0.135. The quantitative estimate of drug-likeness (QED) is 0.663. The second kappa shape index (κ2) is 7.39. The molecule has 6 heteroatoms. The molecule has 6 rings (SSSR count). The van der Waals surface area contributed by atoms with Gasteiger partial charge in [-0.15, -0.1) is 0 Å². The molecular formula is C27H26FN3O2. The van der Waals surface area contributed by atoms with E-state index in [1.807, 2.05) is 0 Å². The number of fused-ring (bicyclic) bond motifs is 1. The van der Waals surface area contributed by atoms with Crippen molar-refractivity contribution in [2.24, 2.45) is 5.73 Å². The third-order valence-electron chi connectivity index (χ3n) is 7.67. The van der Waals surface area contributed by atoms with E-state index in [0.717, 1.165) is 32.4 Å². The number of rotatable bonds is 4. The van der Waals surface area contributed by atoms with Gasteiger partial charge in [-0.1, -0.05) is 54.6 Å². The molecule has 3 aliphatic rings. The van der Waals surface area contributed by atoms with Gasteiger partial charge in [0.2, 0.25) is 11.6 Å². The number of carbonyl (C=O) groups excluding carboxylic acids is 2. The summed E-state index contributed by atoms with van der Waals surface area (Å²) >= 11 is 0. The first-order valence-electron chi connectivity index (χ1n) is 11.6. The van der Waals surface area contributed by atoms with Crippen molar-refractivity contribution in [3.63, 3.8) is 0 Å². The lowest BCUT2D eigenvalue weighted by Gasteiger charge is -2.40. The van der Waals surface area contributed by atoms with E-state index in [-0.39, 0.29) is 11.6 Å².